The molecule has 3 heterocycles. The molecule has 108 valence electrons. The lowest BCUT2D eigenvalue weighted by Crippen LogP contribution is -2.32. The second kappa shape index (κ2) is 5.79. The Morgan fingerprint density at radius 1 is 1.30 bits per heavy atom. The van der Waals surface area contributed by atoms with Crippen molar-refractivity contribution in [3.05, 3.63) is 18.0 Å². The molecule has 2 atom stereocenters. The molecule has 5 heteroatoms. The molecule has 2 aromatic heterocycles. The van der Waals surface area contributed by atoms with E-state index >= 15 is 0 Å². The van der Waals surface area contributed by atoms with Gasteiger partial charge in [0, 0.05) is 6.07 Å². The predicted molar refractivity (Wildman–Crippen MR) is 78.8 cm³/mol. The molecule has 20 heavy (non-hydrogen) atoms. The van der Waals surface area contributed by atoms with Crippen molar-refractivity contribution in [2.24, 2.45) is 5.92 Å². The van der Waals surface area contributed by atoms with E-state index in [-0.39, 0.29) is 0 Å². The van der Waals surface area contributed by atoms with E-state index in [1.807, 2.05) is 19.1 Å². The third kappa shape index (κ3) is 2.63. The van der Waals surface area contributed by atoms with Gasteiger partial charge in [-0.2, -0.15) is 4.98 Å². The van der Waals surface area contributed by atoms with Gasteiger partial charge < -0.3 is 15.0 Å². The fourth-order valence-electron chi connectivity index (χ4n) is 2.86. The van der Waals surface area contributed by atoms with Gasteiger partial charge in [0.2, 0.25) is 5.88 Å². The second-order valence-corrected chi connectivity index (χ2v) is 5.38. The summed E-state index contributed by atoms with van der Waals surface area (Å²) in [5.74, 6) is 2.43. The van der Waals surface area contributed by atoms with Crippen LogP contribution < -0.4 is 10.1 Å². The van der Waals surface area contributed by atoms with Crippen molar-refractivity contribution in [2.75, 3.05) is 13.2 Å². The van der Waals surface area contributed by atoms with E-state index in [1.165, 1.54) is 12.8 Å². The minimum Gasteiger partial charge on any atom is -0.478 e. The van der Waals surface area contributed by atoms with Gasteiger partial charge in [0.1, 0.15) is 5.82 Å². The molecule has 1 saturated heterocycles. The fourth-order valence-corrected chi connectivity index (χ4v) is 2.86. The number of H-pyrrole nitrogens is 1. The Balaban J connectivity index is 1.84. The summed E-state index contributed by atoms with van der Waals surface area (Å²) in [5.41, 5.74) is 1.72. The topological polar surface area (TPSA) is 62.8 Å². The fraction of sp³-hybridized carbons (Fsp3) is 0.600. The minimum absolute atomic E-state index is 0.318. The number of rotatable bonds is 4. The number of piperidine rings is 1. The Hall–Kier alpha value is -1.62. The van der Waals surface area contributed by atoms with E-state index in [0.29, 0.717) is 18.5 Å². The molecule has 0 amide bonds. The third-order valence-corrected chi connectivity index (χ3v) is 4.05. The van der Waals surface area contributed by atoms with Gasteiger partial charge in [0.05, 0.1) is 18.2 Å². The highest BCUT2D eigenvalue weighted by molar-refractivity contribution is 5.71. The summed E-state index contributed by atoms with van der Waals surface area (Å²) in [6.07, 6.45) is 3.65. The highest BCUT2D eigenvalue weighted by Gasteiger charge is 2.24. The van der Waals surface area contributed by atoms with Crippen molar-refractivity contribution in [2.45, 2.75) is 39.2 Å². The molecule has 0 radical (unpaired) electrons. The number of imidazole rings is 1. The summed E-state index contributed by atoms with van der Waals surface area (Å²) < 4.78 is 5.42. The number of nitrogens with one attached hydrogen (secondary N) is 2. The van der Waals surface area contributed by atoms with Crippen LogP contribution in [-0.2, 0) is 0 Å². The summed E-state index contributed by atoms with van der Waals surface area (Å²) in [4.78, 5) is 12.5. The highest BCUT2D eigenvalue weighted by atomic mass is 16.5. The molecule has 2 N–H and O–H groups in total. The number of hydrogen-bond acceptors (Lipinski definition) is 4. The molecule has 2 aromatic rings. The lowest BCUT2D eigenvalue weighted by molar-refractivity contribution is 0.292. The summed E-state index contributed by atoms with van der Waals surface area (Å²) in [6.45, 7) is 5.91. The lowest BCUT2D eigenvalue weighted by Gasteiger charge is -2.28. The molecule has 5 nitrogen and oxygen atoms in total. The molecule has 0 spiro atoms. The van der Waals surface area contributed by atoms with Gasteiger partial charge in [0.15, 0.2) is 5.65 Å². The third-order valence-electron chi connectivity index (χ3n) is 4.05. The van der Waals surface area contributed by atoms with E-state index in [4.69, 9.17) is 4.74 Å². The molecule has 2 unspecified atom stereocenters. The summed E-state index contributed by atoms with van der Waals surface area (Å²) in [7, 11) is 0. The molecule has 0 aromatic carbocycles. The first-order chi connectivity index (χ1) is 9.80. The number of hydrogen-bond donors (Lipinski definition) is 2. The van der Waals surface area contributed by atoms with Gasteiger partial charge in [-0.05, 0) is 38.3 Å². The Morgan fingerprint density at radius 3 is 3.00 bits per heavy atom. The molecule has 1 aliphatic rings. The van der Waals surface area contributed by atoms with Gasteiger partial charge in [-0.1, -0.05) is 13.3 Å². The van der Waals surface area contributed by atoms with Crippen LogP contribution in [0.2, 0.25) is 0 Å². The van der Waals surface area contributed by atoms with Crippen molar-refractivity contribution in [3.8, 4) is 5.88 Å². The van der Waals surface area contributed by atoms with Gasteiger partial charge in [-0.3, -0.25) is 0 Å². The van der Waals surface area contributed by atoms with E-state index in [9.17, 15) is 0 Å². The average molecular weight is 274 g/mol. The quantitative estimate of drug-likeness (QED) is 0.900. The van der Waals surface area contributed by atoms with E-state index in [0.717, 1.165) is 35.9 Å². The highest BCUT2D eigenvalue weighted by Crippen LogP contribution is 2.28. The van der Waals surface area contributed by atoms with Crippen LogP contribution in [0.25, 0.3) is 11.2 Å². The normalized spacial score (nSPS) is 23.1. The van der Waals surface area contributed by atoms with Crippen LogP contribution in [0.3, 0.4) is 0 Å². The maximum Gasteiger partial charge on any atom is 0.215 e. The van der Waals surface area contributed by atoms with Gasteiger partial charge in [-0.25, -0.2) is 4.98 Å². The molecular weight excluding hydrogens is 252 g/mol. The second-order valence-electron chi connectivity index (χ2n) is 5.38. The first kappa shape index (κ1) is 13.4. The van der Waals surface area contributed by atoms with Gasteiger partial charge in [-0.15, -0.1) is 0 Å². The number of fused-ring (bicyclic) bond motifs is 1. The zero-order valence-corrected chi connectivity index (χ0v) is 12.1. The van der Waals surface area contributed by atoms with Crippen LogP contribution in [0.4, 0.5) is 0 Å². The monoisotopic (exact) mass is 274 g/mol. The van der Waals surface area contributed by atoms with Crippen LogP contribution in [0.1, 0.15) is 45.0 Å². The smallest absolute Gasteiger partial charge is 0.215 e. The number of pyridine rings is 1. The summed E-state index contributed by atoms with van der Waals surface area (Å²) in [6, 6.07) is 4.19. The van der Waals surface area contributed by atoms with Crippen LogP contribution in [0.5, 0.6) is 5.88 Å². The number of nitrogens with zero attached hydrogens (tertiary/aromatic N) is 2. The number of ether oxygens (including phenoxy) is 1. The Kier molecular flexibility index (Phi) is 3.87. The molecule has 1 fully saturated rings. The molecule has 0 bridgehead atoms. The summed E-state index contributed by atoms with van der Waals surface area (Å²) in [5, 5.41) is 3.55. The number of aromatic nitrogens is 3. The zero-order chi connectivity index (χ0) is 13.9. The van der Waals surface area contributed by atoms with Crippen LogP contribution in [0.15, 0.2) is 12.1 Å². The van der Waals surface area contributed by atoms with Crippen LogP contribution in [0, 0.1) is 5.92 Å². The predicted octanol–water partition coefficient (Wildman–Crippen LogP) is 2.81. The Labute approximate surface area is 119 Å². The standard InChI is InChI=1S/C15H22N4O/c1-3-10-7-8-16-12(9-10)15-17-11-5-6-13(20-4-2)18-14(11)19-15/h5-6,10,12,16H,3-4,7-9H2,1-2H3,(H,17,18,19). The van der Waals surface area contributed by atoms with Gasteiger partial charge >= 0.3 is 0 Å². The molecule has 0 saturated carbocycles. The van der Waals surface area contributed by atoms with E-state index in [1.54, 1.807) is 0 Å². The van der Waals surface area contributed by atoms with Crippen molar-refractivity contribution in [1.29, 1.82) is 0 Å². The first-order valence-electron chi connectivity index (χ1n) is 7.53. The first-order valence-corrected chi connectivity index (χ1v) is 7.53. The average Bonchev–Trinajstić information content (AvgIpc) is 2.91. The lowest BCUT2D eigenvalue weighted by atomic mass is 9.90. The molecular formula is C15H22N4O. The van der Waals surface area contributed by atoms with Crippen LogP contribution >= 0.6 is 0 Å². The van der Waals surface area contributed by atoms with Crippen molar-refractivity contribution in [3.63, 3.8) is 0 Å². The Bertz CT molecular complexity index is 580. The van der Waals surface area contributed by atoms with Crippen molar-refractivity contribution >= 4 is 11.2 Å². The molecule has 3 rings (SSSR count). The largest absolute Gasteiger partial charge is 0.478 e. The van der Waals surface area contributed by atoms with E-state index < -0.39 is 0 Å². The van der Waals surface area contributed by atoms with Crippen molar-refractivity contribution < 1.29 is 4.74 Å². The zero-order valence-electron chi connectivity index (χ0n) is 12.1. The molecule has 1 aliphatic heterocycles. The van der Waals surface area contributed by atoms with E-state index in [2.05, 4.69) is 27.2 Å². The van der Waals surface area contributed by atoms with Crippen molar-refractivity contribution in [1.82, 2.24) is 20.3 Å². The molecule has 0 aliphatic carbocycles. The van der Waals surface area contributed by atoms with Gasteiger partial charge in [0.25, 0.3) is 0 Å². The summed E-state index contributed by atoms with van der Waals surface area (Å²) >= 11 is 0. The Morgan fingerprint density at radius 2 is 2.20 bits per heavy atom. The SMILES string of the molecule is CCOc1ccc2[nH]c(C3CC(CC)CCN3)nc2n1. The maximum atomic E-state index is 5.42. The number of aromatic amines is 1. The maximum absolute atomic E-state index is 5.42. The van der Waals surface area contributed by atoms with Crippen LogP contribution in [-0.4, -0.2) is 28.1 Å². The minimum atomic E-state index is 0.318.